The quantitative estimate of drug-likeness (QED) is 0.820. The van der Waals surface area contributed by atoms with E-state index in [2.05, 4.69) is 4.72 Å². The van der Waals surface area contributed by atoms with Crippen LogP contribution in [0.25, 0.3) is 0 Å². The average molecular weight is 352 g/mol. The number of nitrogens with two attached hydrogens (primary N) is 1. The van der Waals surface area contributed by atoms with Crippen LogP contribution >= 0.6 is 34.8 Å². The fraction of sp³-hybridized carbons (Fsp3) is 0. The molecule has 106 valence electrons. The molecule has 0 aliphatic rings. The van der Waals surface area contributed by atoms with Crippen molar-refractivity contribution in [1.82, 2.24) is 0 Å². The van der Waals surface area contributed by atoms with E-state index in [-0.39, 0.29) is 26.3 Å². The summed E-state index contributed by atoms with van der Waals surface area (Å²) in [7, 11) is -3.80. The molecule has 0 saturated carbocycles. The Hall–Kier alpha value is -1.14. The molecule has 0 fully saturated rings. The van der Waals surface area contributed by atoms with Crippen LogP contribution in [-0.4, -0.2) is 8.42 Å². The number of benzene rings is 2. The zero-order chi connectivity index (χ0) is 14.9. The Kier molecular flexibility index (Phi) is 4.34. The van der Waals surface area contributed by atoms with Crippen molar-refractivity contribution in [2.75, 3.05) is 10.5 Å². The molecule has 0 aliphatic heterocycles. The van der Waals surface area contributed by atoms with Crippen LogP contribution in [0.4, 0.5) is 11.4 Å². The molecule has 2 aromatic rings. The first-order valence-electron chi connectivity index (χ1n) is 5.32. The predicted molar refractivity (Wildman–Crippen MR) is 83.1 cm³/mol. The van der Waals surface area contributed by atoms with Gasteiger partial charge >= 0.3 is 0 Å². The van der Waals surface area contributed by atoms with Gasteiger partial charge in [-0.25, -0.2) is 8.42 Å². The van der Waals surface area contributed by atoms with E-state index in [1.165, 1.54) is 36.4 Å². The lowest BCUT2D eigenvalue weighted by Crippen LogP contribution is -2.14. The van der Waals surface area contributed by atoms with Crippen molar-refractivity contribution in [2.24, 2.45) is 0 Å². The lowest BCUT2D eigenvalue weighted by Gasteiger charge is -2.11. The first-order chi connectivity index (χ1) is 9.29. The highest BCUT2D eigenvalue weighted by Gasteiger charge is 2.16. The van der Waals surface area contributed by atoms with Crippen molar-refractivity contribution in [3.8, 4) is 0 Å². The minimum atomic E-state index is -3.80. The molecular weight excluding hydrogens is 343 g/mol. The Morgan fingerprint density at radius 1 is 0.950 bits per heavy atom. The maximum absolute atomic E-state index is 12.2. The van der Waals surface area contributed by atoms with Crippen LogP contribution in [0.1, 0.15) is 0 Å². The van der Waals surface area contributed by atoms with Gasteiger partial charge in [0.25, 0.3) is 10.0 Å². The third-order valence-corrected chi connectivity index (χ3v) is 4.80. The molecule has 0 atom stereocenters. The lowest BCUT2D eigenvalue weighted by molar-refractivity contribution is 0.601. The van der Waals surface area contributed by atoms with Gasteiger partial charge in [-0.15, -0.1) is 0 Å². The van der Waals surface area contributed by atoms with Crippen molar-refractivity contribution in [3.63, 3.8) is 0 Å². The molecule has 0 amide bonds. The van der Waals surface area contributed by atoms with Crippen LogP contribution in [0.2, 0.25) is 15.1 Å². The Balaban J connectivity index is 2.38. The monoisotopic (exact) mass is 350 g/mol. The van der Waals surface area contributed by atoms with Crippen LogP contribution in [-0.2, 0) is 10.0 Å². The van der Waals surface area contributed by atoms with Crippen LogP contribution in [0.15, 0.2) is 41.3 Å². The standard InChI is InChI=1S/C12H9Cl3N2O2S/c13-7-1-4-12(11(16)5-7)17-20(18,19)8-2-3-9(14)10(15)6-8/h1-6,17H,16H2. The predicted octanol–water partition coefficient (Wildman–Crippen LogP) is 4.03. The molecule has 0 saturated heterocycles. The summed E-state index contributed by atoms with van der Waals surface area (Å²) in [6.07, 6.45) is 0. The van der Waals surface area contributed by atoms with Gasteiger partial charge in [-0.2, -0.15) is 0 Å². The van der Waals surface area contributed by atoms with Gasteiger partial charge in [0.05, 0.1) is 26.3 Å². The number of rotatable bonds is 3. The van der Waals surface area contributed by atoms with Gasteiger partial charge < -0.3 is 5.73 Å². The minimum absolute atomic E-state index is 0.0127. The highest BCUT2D eigenvalue weighted by molar-refractivity contribution is 7.92. The summed E-state index contributed by atoms with van der Waals surface area (Å²) < 4.78 is 26.8. The fourth-order valence-electron chi connectivity index (χ4n) is 1.47. The Morgan fingerprint density at radius 3 is 2.25 bits per heavy atom. The normalized spacial score (nSPS) is 11.3. The molecule has 0 bridgehead atoms. The van der Waals surface area contributed by atoms with Crippen molar-refractivity contribution in [3.05, 3.63) is 51.5 Å². The SMILES string of the molecule is Nc1cc(Cl)ccc1NS(=O)(=O)c1ccc(Cl)c(Cl)c1. The molecular formula is C12H9Cl3N2O2S. The zero-order valence-corrected chi connectivity index (χ0v) is 13.0. The minimum Gasteiger partial charge on any atom is -0.397 e. The molecule has 3 N–H and O–H groups in total. The molecule has 2 aromatic carbocycles. The average Bonchev–Trinajstić information content (AvgIpc) is 2.36. The first-order valence-corrected chi connectivity index (χ1v) is 7.94. The number of nitrogens with one attached hydrogen (secondary N) is 1. The summed E-state index contributed by atoms with van der Waals surface area (Å²) in [4.78, 5) is -0.0127. The largest absolute Gasteiger partial charge is 0.397 e. The lowest BCUT2D eigenvalue weighted by atomic mass is 10.3. The van der Waals surface area contributed by atoms with Gasteiger partial charge in [0, 0.05) is 5.02 Å². The highest BCUT2D eigenvalue weighted by atomic mass is 35.5. The summed E-state index contributed by atoms with van der Waals surface area (Å²) in [5.41, 5.74) is 6.16. The summed E-state index contributed by atoms with van der Waals surface area (Å²) >= 11 is 17.3. The van der Waals surface area contributed by atoms with E-state index in [1.807, 2.05) is 0 Å². The Labute approximate surface area is 131 Å². The molecule has 0 heterocycles. The van der Waals surface area contributed by atoms with Crippen LogP contribution < -0.4 is 10.5 Å². The summed E-state index contributed by atoms with van der Waals surface area (Å²) in [5, 5.41) is 0.843. The van der Waals surface area contributed by atoms with E-state index in [9.17, 15) is 8.42 Å². The molecule has 2 rings (SSSR count). The Bertz CT molecular complexity index is 763. The second-order valence-corrected chi connectivity index (χ2v) is 6.85. The van der Waals surface area contributed by atoms with Gasteiger partial charge in [-0.3, -0.25) is 4.72 Å². The maximum atomic E-state index is 12.2. The number of halogens is 3. The number of sulfonamides is 1. The molecule has 8 heteroatoms. The first kappa shape index (κ1) is 15.3. The highest BCUT2D eigenvalue weighted by Crippen LogP contribution is 2.28. The molecule has 0 radical (unpaired) electrons. The van der Waals surface area contributed by atoms with E-state index < -0.39 is 10.0 Å². The summed E-state index contributed by atoms with van der Waals surface area (Å²) in [6.45, 7) is 0. The smallest absolute Gasteiger partial charge is 0.262 e. The van der Waals surface area contributed by atoms with Crippen molar-refractivity contribution in [2.45, 2.75) is 4.90 Å². The summed E-state index contributed by atoms with van der Waals surface area (Å²) in [5.74, 6) is 0. The third kappa shape index (κ3) is 3.30. The third-order valence-electron chi connectivity index (χ3n) is 2.46. The van der Waals surface area contributed by atoms with E-state index >= 15 is 0 Å². The summed E-state index contributed by atoms with van der Waals surface area (Å²) in [6, 6.07) is 8.48. The van der Waals surface area contributed by atoms with Crippen molar-refractivity contribution in [1.29, 1.82) is 0 Å². The van der Waals surface area contributed by atoms with E-state index in [0.29, 0.717) is 5.02 Å². The van der Waals surface area contributed by atoms with Crippen molar-refractivity contribution >= 4 is 56.2 Å². The number of hydrogen-bond donors (Lipinski definition) is 2. The molecule has 0 spiro atoms. The number of anilines is 2. The molecule has 0 aromatic heterocycles. The fourth-order valence-corrected chi connectivity index (χ4v) is 3.13. The topological polar surface area (TPSA) is 72.2 Å². The van der Waals surface area contributed by atoms with Gasteiger partial charge in [-0.05, 0) is 36.4 Å². The van der Waals surface area contributed by atoms with E-state index in [0.717, 1.165) is 0 Å². The number of nitrogen functional groups attached to an aromatic ring is 1. The van der Waals surface area contributed by atoms with Crippen LogP contribution in [0, 0.1) is 0 Å². The van der Waals surface area contributed by atoms with Crippen molar-refractivity contribution < 1.29 is 8.42 Å². The van der Waals surface area contributed by atoms with Crippen LogP contribution in [0.5, 0.6) is 0 Å². The van der Waals surface area contributed by atoms with Gasteiger partial charge in [-0.1, -0.05) is 34.8 Å². The molecule has 0 unspecified atom stereocenters. The Morgan fingerprint density at radius 2 is 1.65 bits per heavy atom. The van der Waals surface area contributed by atoms with Gasteiger partial charge in [0.2, 0.25) is 0 Å². The van der Waals surface area contributed by atoms with Gasteiger partial charge in [0.1, 0.15) is 0 Å². The molecule has 0 aliphatic carbocycles. The second kappa shape index (κ2) is 5.69. The zero-order valence-electron chi connectivity index (χ0n) is 9.90. The van der Waals surface area contributed by atoms with E-state index in [4.69, 9.17) is 40.5 Å². The molecule has 20 heavy (non-hydrogen) atoms. The molecule has 4 nitrogen and oxygen atoms in total. The van der Waals surface area contributed by atoms with E-state index in [1.54, 1.807) is 0 Å². The second-order valence-electron chi connectivity index (χ2n) is 3.91. The van der Waals surface area contributed by atoms with Crippen LogP contribution in [0.3, 0.4) is 0 Å². The number of hydrogen-bond acceptors (Lipinski definition) is 3. The maximum Gasteiger partial charge on any atom is 0.262 e. The van der Waals surface area contributed by atoms with Gasteiger partial charge in [0.15, 0.2) is 0 Å².